The Hall–Kier alpha value is -2.54. The lowest BCUT2D eigenvalue weighted by molar-refractivity contribution is -0.274. The Morgan fingerprint density at radius 1 is 0.947 bits per heavy atom. The maximum absolute atomic E-state index is 13.1. The summed E-state index contributed by atoms with van der Waals surface area (Å²) in [6.45, 7) is 0.633. The molecule has 3 atom stereocenters. The zero-order chi connectivity index (χ0) is 27.4. The Bertz CT molecular complexity index is 1550. The number of likely N-dealkylation sites (N-methyl/N-ethyl adjacent to an activating group) is 1. The first-order valence-corrected chi connectivity index (χ1v) is 13.7. The third kappa shape index (κ3) is 5.31. The van der Waals surface area contributed by atoms with Crippen LogP contribution in [-0.2, 0) is 10.0 Å². The summed E-state index contributed by atoms with van der Waals surface area (Å²) in [6.07, 6.45) is -6.03. The summed E-state index contributed by atoms with van der Waals surface area (Å²) < 4.78 is 71.9. The molecule has 7 nitrogen and oxygen atoms in total. The van der Waals surface area contributed by atoms with Crippen molar-refractivity contribution >= 4 is 55.0 Å². The number of piperidine rings is 1. The number of hydrogen-bond donors (Lipinski definition) is 2. The number of aromatic nitrogens is 1. The molecule has 0 radical (unpaired) electrons. The number of hydrogen-bond acceptors (Lipinski definition) is 5. The number of alkyl halides is 3. The van der Waals surface area contributed by atoms with Crippen molar-refractivity contribution in [3.8, 4) is 5.75 Å². The summed E-state index contributed by atoms with van der Waals surface area (Å²) in [5.41, 5.74) is 1.60. The summed E-state index contributed by atoms with van der Waals surface area (Å²) in [5, 5.41) is 14.2. The minimum absolute atomic E-state index is 0.209. The van der Waals surface area contributed by atoms with Crippen molar-refractivity contribution in [3.63, 3.8) is 0 Å². The van der Waals surface area contributed by atoms with E-state index in [4.69, 9.17) is 23.2 Å². The van der Waals surface area contributed by atoms with Crippen LogP contribution in [0.15, 0.2) is 65.6 Å². The Balaban J connectivity index is 1.48. The molecule has 1 fully saturated rings. The van der Waals surface area contributed by atoms with Gasteiger partial charge >= 0.3 is 6.36 Å². The van der Waals surface area contributed by atoms with Crippen LogP contribution in [0.5, 0.6) is 5.75 Å². The van der Waals surface area contributed by atoms with Crippen molar-refractivity contribution in [2.75, 3.05) is 20.1 Å². The first kappa shape index (κ1) is 27.0. The normalized spacial score (nSPS) is 21.3. The average molecular weight is 588 g/mol. The highest BCUT2D eigenvalue weighted by Crippen LogP contribution is 2.37. The molecule has 1 saturated heterocycles. The number of benzene rings is 3. The van der Waals surface area contributed by atoms with E-state index in [0.717, 1.165) is 46.1 Å². The van der Waals surface area contributed by atoms with E-state index in [9.17, 15) is 26.7 Å². The Kier molecular flexibility index (Phi) is 7.04. The predicted octanol–water partition coefficient (Wildman–Crippen LogP) is 5.19. The van der Waals surface area contributed by atoms with E-state index < -0.39 is 40.3 Å². The smallest absolute Gasteiger partial charge is 0.406 e. The number of sulfonamides is 1. The van der Waals surface area contributed by atoms with E-state index in [0.29, 0.717) is 16.6 Å². The third-order valence-electron chi connectivity index (χ3n) is 6.55. The molecule has 3 aromatic carbocycles. The monoisotopic (exact) mass is 587 g/mol. The number of nitrogens with one attached hydrogen (secondary N) is 1. The van der Waals surface area contributed by atoms with Crippen LogP contribution in [-0.4, -0.2) is 61.6 Å². The Labute approximate surface area is 226 Å². The zero-order valence-corrected chi connectivity index (χ0v) is 22.1. The van der Waals surface area contributed by atoms with Crippen LogP contribution in [0.1, 0.15) is 6.04 Å². The van der Waals surface area contributed by atoms with Crippen LogP contribution in [0.25, 0.3) is 21.8 Å². The number of aliphatic hydroxyl groups is 1. The van der Waals surface area contributed by atoms with Gasteiger partial charge in [-0.2, -0.15) is 0 Å². The van der Waals surface area contributed by atoms with Gasteiger partial charge in [-0.05, 0) is 67.7 Å². The second-order valence-electron chi connectivity index (χ2n) is 9.22. The number of rotatable bonds is 5. The van der Waals surface area contributed by atoms with Crippen molar-refractivity contribution in [3.05, 3.63) is 70.7 Å². The van der Waals surface area contributed by atoms with E-state index in [1.807, 2.05) is 40.8 Å². The molecule has 202 valence electrons. The van der Waals surface area contributed by atoms with E-state index >= 15 is 0 Å². The predicted molar refractivity (Wildman–Crippen MR) is 139 cm³/mol. The summed E-state index contributed by atoms with van der Waals surface area (Å²) in [5.74, 6) is -0.541. The van der Waals surface area contributed by atoms with Gasteiger partial charge in [0, 0.05) is 44.9 Å². The van der Waals surface area contributed by atoms with Crippen LogP contribution in [0.2, 0.25) is 10.0 Å². The summed E-state index contributed by atoms with van der Waals surface area (Å²) in [6, 6.07) is 13.2. The van der Waals surface area contributed by atoms with Crippen LogP contribution in [0.3, 0.4) is 0 Å². The number of nitrogens with zero attached hydrogens (tertiary/aromatic N) is 2. The quantitative estimate of drug-likeness (QED) is 0.335. The van der Waals surface area contributed by atoms with Crippen molar-refractivity contribution in [1.82, 2.24) is 14.2 Å². The molecule has 0 amide bonds. The zero-order valence-electron chi connectivity index (χ0n) is 19.8. The molecule has 38 heavy (non-hydrogen) atoms. The third-order valence-corrected chi connectivity index (χ3v) is 8.52. The maximum atomic E-state index is 13.1. The molecular formula is C25H22Cl2F3N3O4S. The lowest BCUT2D eigenvalue weighted by Crippen LogP contribution is -2.58. The molecule has 0 spiro atoms. The molecule has 0 saturated carbocycles. The highest BCUT2D eigenvalue weighted by atomic mass is 35.5. The second-order valence-corrected chi connectivity index (χ2v) is 11.8. The van der Waals surface area contributed by atoms with Crippen LogP contribution < -0.4 is 9.46 Å². The van der Waals surface area contributed by atoms with Gasteiger partial charge in [0.1, 0.15) is 5.75 Å². The van der Waals surface area contributed by atoms with Crippen molar-refractivity contribution in [2.24, 2.45) is 0 Å². The second kappa shape index (κ2) is 9.89. The van der Waals surface area contributed by atoms with Crippen LogP contribution >= 0.6 is 23.2 Å². The Morgan fingerprint density at radius 2 is 1.50 bits per heavy atom. The molecule has 0 aliphatic carbocycles. The van der Waals surface area contributed by atoms with Crippen LogP contribution in [0.4, 0.5) is 13.2 Å². The molecule has 5 rings (SSSR count). The van der Waals surface area contributed by atoms with Gasteiger partial charge in [-0.3, -0.25) is 0 Å². The topological polar surface area (TPSA) is 83.8 Å². The lowest BCUT2D eigenvalue weighted by Gasteiger charge is -2.41. The summed E-state index contributed by atoms with van der Waals surface area (Å²) >= 11 is 12.5. The number of likely N-dealkylation sites (tertiary alicyclic amines) is 1. The number of aliphatic hydroxyl groups excluding tert-OH is 1. The fourth-order valence-electron chi connectivity index (χ4n) is 5.00. The molecule has 4 aromatic rings. The molecule has 1 aromatic heterocycles. The molecule has 1 aliphatic rings. The van der Waals surface area contributed by atoms with E-state index in [1.54, 1.807) is 12.1 Å². The van der Waals surface area contributed by atoms with Gasteiger partial charge < -0.3 is 19.3 Å². The summed E-state index contributed by atoms with van der Waals surface area (Å²) in [4.78, 5) is 1.64. The number of fused-ring (bicyclic) bond motifs is 3. The van der Waals surface area contributed by atoms with Gasteiger partial charge in [0.2, 0.25) is 10.0 Å². The molecule has 2 N–H and O–H groups in total. The molecule has 13 heteroatoms. The number of halogens is 5. The van der Waals surface area contributed by atoms with Gasteiger partial charge in [0.25, 0.3) is 0 Å². The van der Waals surface area contributed by atoms with Gasteiger partial charge in [-0.15, -0.1) is 13.2 Å². The van der Waals surface area contributed by atoms with Gasteiger partial charge in [-0.25, -0.2) is 13.1 Å². The lowest BCUT2D eigenvalue weighted by atomic mass is 9.97. The van der Waals surface area contributed by atoms with Crippen LogP contribution in [0, 0.1) is 0 Å². The molecular weight excluding hydrogens is 566 g/mol. The molecule has 1 aliphatic heterocycles. The van der Waals surface area contributed by atoms with E-state index in [-0.39, 0.29) is 11.4 Å². The molecule has 0 bridgehead atoms. The highest BCUT2D eigenvalue weighted by molar-refractivity contribution is 7.89. The summed E-state index contributed by atoms with van der Waals surface area (Å²) in [7, 11) is -2.37. The largest absolute Gasteiger partial charge is 0.573 e. The fraction of sp³-hybridized carbons (Fsp3) is 0.280. The molecule has 2 heterocycles. The number of ether oxygens (including phenoxy) is 1. The van der Waals surface area contributed by atoms with Crippen molar-refractivity contribution in [1.29, 1.82) is 0 Å². The van der Waals surface area contributed by atoms with E-state index in [2.05, 4.69) is 9.46 Å². The van der Waals surface area contributed by atoms with Gasteiger partial charge in [-0.1, -0.05) is 23.2 Å². The van der Waals surface area contributed by atoms with Gasteiger partial charge in [0.05, 0.1) is 23.1 Å². The SMILES string of the molecule is CN1C[C@@H](NS(=O)(=O)c2ccc(OC(F)(F)F)cc2)[C@H](O)[C@@H](n2c3ccc(Cl)cc3c3cc(Cl)ccc32)C1. The maximum Gasteiger partial charge on any atom is 0.573 e. The van der Waals surface area contributed by atoms with Crippen molar-refractivity contribution in [2.45, 2.75) is 29.4 Å². The average Bonchev–Trinajstić information content (AvgIpc) is 3.13. The standard InChI is InChI=1S/C25H22Cl2F3N3O4S/c1-32-12-20(31-38(35,36)17-6-4-16(5-7-17)37-25(28,29)30)24(34)23(13-32)33-21-8-2-14(26)10-18(21)19-11-15(27)3-9-22(19)33/h2-11,20,23-24,31,34H,12-13H2,1H3/t20-,23+,24+/m1/s1. The first-order valence-electron chi connectivity index (χ1n) is 11.5. The van der Waals surface area contributed by atoms with Gasteiger partial charge in [0.15, 0.2) is 0 Å². The minimum atomic E-state index is -4.89. The van der Waals surface area contributed by atoms with Crippen molar-refractivity contribution < 1.29 is 31.4 Å². The highest BCUT2D eigenvalue weighted by Gasteiger charge is 2.39. The molecule has 0 unspecified atom stereocenters. The first-order chi connectivity index (χ1) is 17.8. The van der Waals surface area contributed by atoms with E-state index in [1.165, 1.54) is 0 Å². The minimum Gasteiger partial charge on any atom is -0.406 e. The Morgan fingerprint density at radius 3 is 2.03 bits per heavy atom. The fourth-order valence-corrected chi connectivity index (χ4v) is 6.59.